The van der Waals surface area contributed by atoms with Crippen LogP contribution in [0.4, 0.5) is 17.1 Å². The molecule has 1 aliphatic rings. The van der Waals surface area contributed by atoms with Gasteiger partial charge in [-0.05, 0) is 75.3 Å². The Bertz CT molecular complexity index is 1780. The molecule has 256 valence electrons. The number of aliphatic hydroxyl groups excluding tert-OH is 1. The van der Waals surface area contributed by atoms with Crippen LogP contribution >= 0.6 is 11.6 Å². The lowest BCUT2D eigenvalue weighted by Gasteiger charge is -2.19. The number of nitriles is 1. The van der Waals surface area contributed by atoms with Crippen LogP contribution in [0.25, 0.3) is 10.9 Å². The summed E-state index contributed by atoms with van der Waals surface area (Å²) in [5, 5.41) is 30.7. The molecule has 2 aromatic heterocycles. The molecule has 0 aliphatic carbocycles. The van der Waals surface area contributed by atoms with E-state index in [2.05, 4.69) is 32.0 Å². The second kappa shape index (κ2) is 18.1. The number of carbonyl (C=O) groups excluding carboxylic acids is 1. The van der Waals surface area contributed by atoms with Crippen LogP contribution in [0.15, 0.2) is 73.1 Å². The number of aromatic nitrogens is 2. The van der Waals surface area contributed by atoms with Crippen molar-refractivity contribution in [1.82, 2.24) is 15.3 Å². The fraction of sp³-hybridized carbons (Fsp3) is 0.351. The largest absolute Gasteiger partial charge is 0.486 e. The van der Waals surface area contributed by atoms with Crippen molar-refractivity contribution in [3.05, 3.63) is 89.4 Å². The average Bonchev–Trinajstić information content (AvgIpc) is 3.62. The first-order valence-electron chi connectivity index (χ1n) is 16.4. The Labute approximate surface area is 291 Å². The summed E-state index contributed by atoms with van der Waals surface area (Å²) in [6.07, 6.45) is 10.4. The van der Waals surface area contributed by atoms with Crippen molar-refractivity contribution in [2.24, 2.45) is 0 Å². The highest BCUT2D eigenvalue weighted by molar-refractivity contribution is 6.32. The van der Waals surface area contributed by atoms with Gasteiger partial charge in [-0.15, -0.1) is 0 Å². The predicted molar refractivity (Wildman–Crippen MR) is 190 cm³/mol. The fourth-order valence-electron chi connectivity index (χ4n) is 5.38. The monoisotopic (exact) mass is 684 g/mol. The zero-order chi connectivity index (χ0) is 34.4. The summed E-state index contributed by atoms with van der Waals surface area (Å²) < 4.78 is 17.6. The summed E-state index contributed by atoms with van der Waals surface area (Å²) in [6, 6.07) is 16.6. The summed E-state index contributed by atoms with van der Waals surface area (Å²) in [4.78, 5) is 21.9. The summed E-state index contributed by atoms with van der Waals surface area (Å²) in [5.74, 6) is 0.553. The van der Waals surface area contributed by atoms with E-state index in [1.807, 2.05) is 25.2 Å². The van der Waals surface area contributed by atoms with Crippen molar-refractivity contribution in [1.29, 1.82) is 5.26 Å². The Hall–Kier alpha value is -4.73. The van der Waals surface area contributed by atoms with Crippen molar-refractivity contribution in [2.75, 3.05) is 37.4 Å². The van der Waals surface area contributed by atoms with E-state index in [1.54, 1.807) is 42.6 Å². The number of carbonyl (C=O) groups is 1. The van der Waals surface area contributed by atoms with Crippen LogP contribution in [-0.4, -0.2) is 60.0 Å². The van der Waals surface area contributed by atoms with Crippen LogP contribution in [-0.2, 0) is 16.1 Å². The molecule has 1 saturated heterocycles. The smallest absolute Gasteiger partial charge is 0.248 e. The van der Waals surface area contributed by atoms with Crippen molar-refractivity contribution >= 4 is 45.5 Å². The van der Waals surface area contributed by atoms with Gasteiger partial charge in [0.2, 0.25) is 5.91 Å². The van der Waals surface area contributed by atoms with Gasteiger partial charge in [-0.3, -0.25) is 14.8 Å². The second-order valence-corrected chi connectivity index (χ2v) is 12.1. The number of nitrogens with one attached hydrogen (secondary N) is 3. The summed E-state index contributed by atoms with van der Waals surface area (Å²) in [5.41, 5.74) is 3.16. The number of fused-ring (bicyclic) bond motifs is 1. The third-order valence-electron chi connectivity index (χ3n) is 7.97. The maximum Gasteiger partial charge on any atom is 0.248 e. The van der Waals surface area contributed by atoms with Gasteiger partial charge < -0.3 is 35.3 Å². The van der Waals surface area contributed by atoms with Crippen molar-refractivity contribution in [3.63, 3.8) is 0 Å². The highest BCUT2D eigenvalue weighted by Gasteiger charge is 2.21. The summed E-state index contributed by atoms with van der Waals surface area (Å²) >= 11 is 6.58. The van der Waals surface area contributed by atoms with Crippen LogP contribution in [0.5, 0.6) is 11.5 Å². The molecule has 2 aromatic carbocycles. The lowest BCUT2D eigenvalue weighted by molar-refractivity contribution is -0.111. The zero-order valence-electron chi connectivity index (χ0n) is 27.5. The lowest BCUT2D eigenvalue weighted by atomic mass is 10.1. The van der Waals surface area contributed by atoms with E-state index in [-0.39, 0.29) is 18.6 Å². The quantitative estimate of drug-likeness (QED) is 0.0701. The number of hydrogen-bond donors (Lipinski definition) is 4. The number of unbranched alkanes of at least 4 members (excludes halogenated alkanes) is 2. The number of ether oxygens (including phenoxy) is 3. The first-order valence-corrected chi connectivity index (χ1v) is 16.8. The summed E-state index contributed by atoms with van der Waals surface area (Å²) in [7, 11) is 1.93. The second-order valence-electron chi connectivity index (χ2n) is 11.7. The molecule has 1 amide bonds. The van der Waals surface area contributed by atoms with Gasteiger partial charge in [0.15, 0.2) is 0 Å². The van der Waals surface area contributed by atoms with Crippen molar-refractivity contribution in [2.45, 2.75) is 57.3 Å². The molecule has 5 rings (SSSR count). The Balaban J connectivity index is 1.35. The number of aliphatic hydroxyl groups is 1. The van der Waals surface area contributed by atoms with Gasteiger partial charge in [-0.25, -0.2) is 0 Å². The topological polar surface area (TPSA) is 151 Å². The third kappa shape index (κ3) is 10.4. The van der Waals surface area contributed by atoms with Gasteiger partial charge in [-0.1, -0.05) is 36.6 Å². The number of pyridine rings is 2. The van der Waals surface area contributed by atoms with Crippen molar-refractivity contribution in [3.8, 4) is 17.6 Å². The molecule has 1 unspecified atom stereocenters. The molecule has 4 aromatic rings. The molecule has 11 nitrogen and oxygen atoms in total. The minimum Gasteiger partial charge on any atom is -0.486 e. The molecular weight excluding hydrogens is 644 g/mol. The molecule has 0 saturated carbocycles. The first kappa shape index (κ1) is 35.6. The van der Waals surface area contributed by atoms with Gasteiger partial charge in [0.1, 0.15) is 30.3 Å². The van der Waals surface area contributed by atoms with Crippen molar-refractivity contribution < 1.29 is 24.1 Å². The molecule has 3 heterocycles. The van der Waals surface area contributed by atoms with Gasteiger partial charge in [0.05, 0.1) is 52.5 Å². The highest BCUT2D eigenvalue weighted by atomic mass is 35.5. The molecule has 49 heavy (non-hydrogen) atoms. The number of amides is 1. The number of hydrogen-bond acceptors (Lipinski definition) is 10. The van der Waals surface area contributed by atoms with Crippen LogP contribution < -0.4 is 25.4 Å². The molecular formula is C37H41ClN6O5. The van der Waals surface area contributed by atoms with E-state index in [1.165, 1.54) is 12.3 Å². The molecule has 12 heteroatoms. The fourth-order valence-corrected chi connectivity index (χ4v) is 5.61. The maximum absolute atomic E-state index is 13.1. The average molecular weight is 685 g/mol. The van der Waals surface area contributed by atoms with Crippen LogP contribution in [0.2, 0.25) is 5.02 Å². The van der Waals surface area contributed by atoms with Crippen LogP contribution in [0, 0.1) is 11.3 Å². The minimum absolute atomic E-state index is 0.177. The number of benzene rings is 2. The number of rotatable bonds is 17. The molecule has 4 N–H and O–H groups in total. The van der Waals surface area contributed by atoms with Gasteiger partial charge in [0.25, 0.3) is 0 Å². The molecule has 0 spiro atoms. The van der Waals surface area contributed by atoms with E-state index >= 15 is 0 Å². The molecule has 2 atom stereocenters. The molecule has 0 radical (unpaired) electrons. The highest BCUT2D eigenvalue weighted by Crippen LogP contribution is 2.38. The molecule has 1 fully saturated rings. The molecule has 0 bridgehead atoms. The normalized spacial score (nSPS) is 14.9. The van der Waals surface area contributed by atoms with Crippen LogP contribution in [0.1, 0.15) is 49.8 Å². The summed E-state index contributed by atoms with van der Waals surface area (Å²) in [6.45, 7) is 2.25. The van der Waals surface area contributed by atoms with Gasteiger partial charge >= 0.3 is 0 Å². The Morgan fingerprint density at radius 3 is 2.84 bits per heavy atom. The van der Waals surface area contributed by atoms with E-state index in [0.29, 0.717) is 82.5 Å². The Morgan fingerprint density at radius 2 is 2.08 bits per heavy atom. The maximum atomic E-state index is 13.1. The van der Waals surface area contributed by atoms with Crippen LogP contribution in [0.3, 0.4) is 0 Å². The zero-order valence-corrected chi connectivity index (χ0v) is 28.2. The van der Waals surface area contributed by atoms with E-state index in [4.69, 9.17) is 25.8 Å². The van der Waals surface area contributed by atoms with Gasteiger partial charge in [0, 0.05) is 36.0 Å². The molecule has 1 aliphatic heterocycles. The third-order valence-corrected chi connectivity index (χ3v) is 8.27. The van der Waals surface area contributed by atoms with E-state index < -0.39 is 6.10 Å². The van der Waals surface area contributed by atoms with Gasteiger partial charge in [-0.2, -0.15) is 5.26 Å². The lowest BCUT2D eigenvalue weighted by Crippen LogP contribution is -2.18. The number of halogens is 1. The van der Waals surface area contributed by atoms with E-state index in [0.717, 1.165) is 31.5 Å². The first-order chi connectivity index (χ1) is 23.9. The number of nitrogens with zero attached hydrogens (tertiary/aromatic N) is 3. The standard InChI is InChI=1S/C37H41ClN6O5/c1-40-15-5-2-3-9-28(45)10-7-11-36(46)44-33-19-30-32(20-35(33)49-29-14-17-47-24-29)42-22-25(21-39)37(30)43-26-12-13-34(31(38)18-26)48-23-27-8-4-6-16-41-27/h4,6-8,11-13,16,18-20,22,28-29,40,45H,2-3,5,9-10,14-15,17,23-24H2,1H3,(H,42,43)(H,44,46)/b11-7+/t28?,29-/m0/s1. The van der Waals surface area contributed by atoms with E-state index in [9.17, 15) is 15.2 Å². The SMILES string of the molecule is CNCCCCCC(O)C/C=C/C(=O)Nc1cc2c(Nc3ccc(OCc4ccccn4)c(Cl)c3)c(C#N)cnc2cc1O[C@H]1CCOC1. The number of anilines is 3. The Kier molecular flexibility index (Phi) is 13.2. The Morgan fingerprint density at radius 1 is 1.18 bits per heavy atom. The minimum atomic E-state index is -0.514. The predicted octanol–water partition coefficient (Wildman–Crippen LogP) is 6.67.